The molecule has 1 atom stereocenters. The normalized spacial score (nSPS) is 13.0. The topological polar surface area (TPSA) is 38.5 Å². The molecule has 0 bridgehead atoms. The second kappa shape index (κ2) is 5.83. The van der Waals surface area contributed by atoms with Crippen molar-refractivity contribution in [3.05, 3.63) is 41.2 Å². The van der Waals surface area contributed by atoms with E-state index < -0.39 is 15.2 Å². The molecule has 92 valence electrons. The lowest BCUT2D eigenvalue weighted by Gasteiger charge is -2.07. The fourth-order valence-corrected chi connectivity index (χ4v) is 3.00. The van der Waals surface area contributed by atoms with Gasteiger partial charge >= 0.3 is 5.37 Å². The van der Waals surface area contributed by atoms with Gasteiger partial charge in [-0.15, -0.1) is 0 Å². The quantitative estimate of drug-likeness (QED) is 0.754. The Balaban J connectivity index is 3.01. The molecule has 0 aliphatic carbocycles. The summed E-state index contributed by atoms with van der Waals surface area (Å²) in [6, 6.07) is 6.67. The van der Waals surface area contributed by atoms with Crippen molar-refractivity contribution in [2.24, 2.45) is 0 Å². The van der Waals surface area contributed by atoms with E-state index in [1.54, 1.807) is 24.3 Å². The predicted molar refractivity (Wildman–Crippen MR) is 68.3 cm³/mol. The summed E-state index contributed by atoms with van der Waals surface area (Å²) >= 11 is 0. The van der Waals surface area contributed by atoms with Gasteiger partial charge in [-0.3, -0.25) is 4.85 Å². The second-order valence-electron chi connectivity index (χ2n) is 4.08. The van der Waals surface area contributed by atoms with Gasteiger partial charge in [-0.05, 0) is 25.5 Å². The van der Waals surface area contributed by atoms with Gasteiger partial charge in [0, 0.05) is 6.42 Å². The molecule has 0 saturated heterocycles. The maximum absolute atomic E-state index is 12.2. The summed E-state index contributed by atoms with van der Waals surface area (Å²) < 4.78 is 24.3. The highest BCUT2D eigenvalue weighted by molar-refractivity contribution is 7.92. The Kier molecular flexibility index (Phi) is 4.71. The molecule has 0 aliphatic rings. The molecule has 0 N–H and O–H groups in total. The van der Waals surface area contributed by atoms with Crippen LogP contribution in [0, 0.1) is 13.5 Å². The van der Waals surface area contributed by atoms with E-state index in [1.165, 1.54) is 0 Å². The minimum atomic E-state index is -3.49. The van der Waals surface area contributed by atoms with Gasteiger partial charge in [0.2, 0.25) is 0 Å². The molecule has 0 unspecified atom stereocenters. The molecular weight excluding hydrogens is 234 g/mol. The van der Waals surface area contributed by atoms with E-state index in [0.717, 1.165) is 18.4 Å². The first-order valence-electron chi connectivity index (χ1n) is 5.69. The predicted octanol–water partition coefficient (Wildman–Crippen LogP) is 3.20. The number of nitrogens with zero attached hydrogens (tertiary/aromatic N) is 1. The van der Waals surface area contributed by atoms with Gasteiger partial charge in [0.1, 0.15) is 0 Å². The molecule has 0 aliphatic heterocycles. The number of hydrogen-bond donors (Lipinski definition) is 0. The zero-order valence-corrected chi connectivity index (χ0v) is 11.0. The van der Waals surface area contributed by atoms with Crippen LogP contribution in [0.25, 0.3) is 4.85 Å². The van der Waals surface area contributed by atoms with Gasteiger partial charge in [0.05, 0.1) is 4.90 Å². The first-order chi connectivity index (χ1) is 8.02. The molecule has 0 radical (unpaired) electrons. The number of sulfone groups is 1. The van der Waals surface area contributed by atoms with Gasteiger partial charge in [-0.2, -0.15) is 0 Å². The molecule has 17 heavy (non-hydrogen) atoms. The average Bonchev–Trinajstić information content (AvgIpc) is 2.30. The maximum atomic E-state index is 12.2. The van der Waals surface area contributed by atoms with Crippen LogP contribution in [0.1, 0.15) is 31.7 Å². The summed E-state index contributed by atoms with van der Waals surface area (Å²) in [5.74, 6) is 0. The van der Waals surface area contributed by atoms with Crippen LogP contribution in [-0.4, -0.2) is 13.8 Å². The van der Waals surface area contributed by atoms with Gasteiger partial charge < -0.3 is 0 Å². The summed E-state index contributed by atoms with van der Waals surface area (Å²) in [6.45, 7) is 10.9. The maximum Gasteiger partial charge on any atom is 0.325 e. The SMILES string of the molecule is [C-]#[N+][C@@H](CCCC)S(=O)(=O)c1ccc(C)cc1. The highest BCUT2D eigenvalue weighted by atomic mass is 32.2. The molecule has 1 aromatic rings. The molecule has 0 amide bonds. The molecule has 3 nitrogen and oxygen atoms in total. The van der Waals surface area contributed by atoms with Gasteiger partial charge in [0.25, 0.3) is 9.84 Å². The lowest BCUT2D eigenvalue weighted by atomic mass is 10.2. The third kappa shape index (κ3) is 3.31. The summed E-state index contributed by atoms with van der Waals surface area (Å²) in [7, 11) is -3.49. The number of hydrogen-bond acceptors (Lipinski definition) is 2. The van der Waals surface area contributed by atoms with Gasteiger partial charge in [0.15, 0.2) is 0 Å². The minimum Gasteiger partial charge on any atom is -0.296 e. The smallest absolute Gasteiger partial charge is 0.296 e. The standard InChI is InChI=1S/C13H17NO2S/c1-4-5-6-13(14-3)17(15,16)12-9-7-11(2)8-10-12/h7-10,13H,4-6H2,1-2H3/t13-/m1/s1. The summed E-state index contributed by atoms with van der Waals surface area (Å²) in [4.78, 5) is 3.51. The average molecular weight is 251 g/mol. The van der Waals surface area contributed by atoms with Crippen LogP contribution in [0.4, 0.5) is 0 Å². The first-order valence-corrected chi connectivity index (χ1v) is 7.24. The van der Waals surface area contributed by atoms with Crippen LogP contribution in [0.5, 0.6) is 0 Å². The summed E-state index contributed by atoms with van der Waals surface area (Å²) in [6.07, 6.45) is 2.07. The largest absolute Gasteiger partial charge is 0.325 e. The second-order valence-corrected chi connectivity index (χ2v) is 6.19. The molecule has 0 spiro atoms. The zero-order chi connectivity index (χ0) is 12.9. The van der Waals surface area contributed by atoms with E-state index in [1.807, 2.05) is 13.8 Å². The number of benzene rings is 1. The highest BCUT2D eigenvalue weighted by Gasteiger charge is 2.31. The van der Waals surface area contributed by atoms with E-state index in [9.17, 15) is 8.42 Å². The summed E-state index contributed by atoms with van der Waals surface area (Å²) in [5.41, 5.74) is 1.01. The van der Waals surface area contributed by atoms with E-state index in [0.29, 0.717) is 6.42 Å². The van der Waals surface area contributed by atoms with E-state index in [2.05, 4.69) is 4.85 Å². The van der Waals surface area contributed by atoms with Crippen LogP contribution >= 0.6 is 0 Å². The highest BCUT2D eigenvalue weighted by Crippen LogP contribution is 2.21. The van der Waals surface area contributed by atoms with Crippen molar-refractivity contribution in [1.29, 1.82) is 0 Å². The number of rotatable bonds is 5. The van der Waals surface area contributed by atoms with Crippen LogP contribution in [0.2, 0.25) is 0 Å². The monoisotopic (exact) mass is 251 g/mol. The van der Waals surface area contributed by atoms with Crippen molar-refractivity contribution >= 4 is 9.84 Å². The minimum absolute atomic E-state index is 0.250. The fraction of sp³-hybridized carbons (Fsp3) is 0.462. The van der Waals surface area contributed by atoms with Crippen molar-refractivity contribution in [2.45, 2.75) is 43.4 Å². The number of aryl methyl sites for hydroxylation is 1. The molecular formula is C13H17NO2S. The molecule has 1 aromatic carbocycles. The Morgan fingerprint density at radius 2 is 1.88 bits per heavy atom. The lowest BCUT2D eigenvalue weighted by Crippen LogP contribution is -2.17. The number of unbranched alkanes of at least 4 members (excludes halogenated alkanes) is 1. The Morgan fingerprint density at radius 3 is 2.35 bits per heavy atom. The van der Waals surface area contributed by atoms with E-state index >= 15 is 0 Å². The van der Waals surface area contributed by atoms with E-state index in [-0.39, 0.29) is 4.90 Å². The van der Waals surface area contributed by atoms with Crippen LogP contribution in [0.3, 0.4) is 0 Å². The van der Waals surface area contributed by atoms with Crippen molar-refractivity contribution < 1.29 is 8.42 Å². The van der Waals surface area contributed by atoms with Crippen molar-refractivity contribution in [3.63, 3.8) is 0 Å². The Bertz CT molecular complexity index is 497. The van der Waals surface area contributed by atoms with Crippen LogP contribution in [0.15, 0.2) is 29.2 Å². The summed E-state index contributed by atoms with van der Waals surface area (Å²) in [5, 5.41) is -0.940. The van der Waals surface area contributed by atoms with Crippen LogP contribution in [-0.2, 0) is 9.84 Å². The van der Waals surface area contributed by atoms with Crippen molar-refractivity contribution in [2.75, 3.05) is 0 Å². The van der Waals surface area contributed by atoms with Crippen molar-refractivity contribution in [1.82, 2.24) is 0 Å². The zero-order valence-electron chi connectivity index (χ0n) is 10.2. The lowest BCUT2D eigenvalue weighted by molar-refractivity contribution is 0.579. The van der Waals surface area contributed by atoms with Gasteiger partial charge in [-0.25, -0.2) is 15.0 Å². The molecule has 0 fully saturated rings. The fourth-order valence-electron chi connectivity index (χ4n) is 1.55. The molecule has 0 saturated carbocycles. The van der Waals surface area contributed by atoms with Crippen LogP contribution < -0.4 is 0 Å². The Labute approximate surface area is 103 Å². The third-order valence-corrected chi connectivity index (χ3v) is 4.64. The molecule has 0 heterocycles. The van der Waals surface area contributed by atoms with E-state index in [4.69, 9.17) is 6.57 Å². The molecule has 4 heteroatoms. The van der Waals surface area contributed by atoms with Crippen molar-refractivity contribution in [3.8, 4) is 0 Å². The first kappa shape index (κ1) is 13.7. The third-order valence-electron chi connectivity index (χ3n) is 2.66. The Morgan fingerprint density at radius 1 is 1.29 bits per heavy atom. The molecule has 1 rings (SSSR count). The molecule has 0 aromatic heterocycles. The Hall–Kier alpha value is -1.34. The van der Waals surface area contributed by atoms with Gasteiger partial charge in [-0.1, -0.05) is 31.0 Å².